The highest BCUT2D eigenvalue weighted by Crippen LogP contribution is 2.27. The number of Topliss-reactive ketones (excluding diaryl/α,β-unsaturated/α-hetero) is 1. The molecule has 19 heteroatoms. The van der Waals surface area contributed by atoms with E-state index in [1.807, 2.05) is 6.92 Å². The number of carbonyl (C=O) groups excluding carboxylic acids is 5. The van der Waals surface area contributed by atoms with Gasteiger partial charge in [-0.25, -0.2) is 9.59 Å². The van der Waals surface area contributed by atoms with Gasteiger partial charge in [-0.05, 0) is 46.0 Å². The molecule has 1 unspecified atom stereocenters. The summed E-state index contributed by atoms with van der Waals surface area (Å²) in [5.41, 5.74) is 15.4. The van der Waals surface area contributed by atoms with Crippen molar-refractivity contribution >= 4 is 41.4 Å². The van der Waals surface area contributed by atoms with Gasteiger partial charge in [-0.1, -0.05) is 19.8 Å². The number of nitrogens with one attached hydrogen (secondary N) is 2. The number of hydrogen-bond acceptors (Lipinski definition) is 13. The predicted octanol–water partition coefficient (Wildman–Crippen LogP) is -2.54. The van der Waals surface area contributed by atoms with E-state index in [0.29, 0.717) is 12.8 Å². The Labute approximate surface area is 290 Å². The molecule has 0 bridgehead atoms. The van der Waals surface area contributed by atoms with Crippen LogP contribution in [0.3, 0.4) is 0 Å². The number of rotatable bonds is 23. The van der Waals surface area contributed by atoms with Crippen molar-refractivity contribution in [2.24, 2.45) is 17.2 Å². The summed E-state index contributed by atoms with van der Waals surface area (Å²) in [6.45, 7) is 4.98. The Bertz CT molecular complexity index is 1210. The molecular weight excluding hydrogens is 664 g/mol. The number of ketones is 1. The zero-order chi connectivity index (χ0) is 38.3. The Morgan fingerprint density at radius 1 is 1.02 bits per heavy atom. The van der Waals surface area contributed by atoms with E-state index in [0.717, 1.165) is 31.1 Å². The highest BCUT2D eigenvalue weighted by molar-refractivity contribution is 6.07. The summed E-state index contributed by atoms with van der Waals surface area (Å²) in [6, 6.07) is -4.38. The largest absolute Gasteiger partial charge is 0.480 e. The second kappa shape index (κ2) is 20.8. The maximum Gasteiger partial charge on any atom is 0.332 e. The molecule has 0 spiro atoms. The van der Waals surface area contributed by atoms with E-state index in [-0.39, 0.29) is 25.3 Å². The van der Waals surface area contributed by atoms with Crippen molar-refractivity contribution in [2.75, 3.05) is 13.2 Å². The van der Waals surface area contributed by atoms with Gasteiger partial charge in [0.1, 0.15) is 30.4 Å². The Morgan fingerprint density at radius 2 is 1.66 bits per heavy atom. The van der Waals surface area contributed by atoms with Crippen LogP contribution in [0.4, 0.5) is 0 Å². The Balaban J connectivity index is 2.98. The molecule has 0 aliphatic carbocycles. The molecule has 1 rings (SSSR count). The quantitative estimate of drug-likeness (QED) is 0.0388. The van der Waals surface area contributed by atoms with Crippen molar-refractivity contribution < 1.29 is 63.5 Å². The van der Waals surface area contributed by atoms with Gasteiger partial charge in [-0.2, -0.15) is 0 Å². The third-order valence-corrected chi connectivity index (χ3v) is 8.59. The maximum absolute atomic E-state index is 13.3. The highest BCUT2D eigenvalue weighted by atomic mass is 16.6. The molecule has 4 amide bonds. The van der Waals surface area contributed by atoms with Crippen LogP contribution in [0.2, 0.25) is 0 Å². The van der Waals surface area contributed by atoms with Gasteiger partial charge in [0.2, 0.25) is 23.6 Å². The first-order valence-electron chi connectivity index (χ1n) is 16.6. The number of carboxylic acid groups (broad SMARTS) is 2. The minimum Gasteiger partial charge on any atom is -0.480 e. The first kappa shape index (κ1) is 44.3. The predicted molar refractivity (Wildman–Crippen MR) is 175 cm³/mol. The van der Waals surface area contributed by atoms with Gasteiger partial charge in [0.05, 0.1) is 12.6 Å². The zero-order valence-electron chi connectivity index (χ0n) is 29.0. The summed E-state index contributed by atoms with van der Waals surface area (Å²) >= 11 is 0. The number of nitrogens with zero attached hydrogens (tertiary/aromatic N) is 1. The maximum atomic E-state index is 13.3. The summed E-state index contributed by atoms with van der Waals surface area (Å²) in [7, 11) is 0. The lowest BCUT2D eigenvalue weighted by atomic mass is 9.86. The Hall–Kier alpha value is -3.75. The van der Waals surface area contributed by atoms with Crippen LogP contribution >= 0.6 is 0 Å². The number of aliphatic hydroxyl groups is 2. The van der Waals surface area contributed by atoms with E-state index < -0.39 is 109 Å². The van der Waals surface area contributed by atoms with Gasteiger partial charge in [-0.15, -0.1) is 0 Å². The molecule has 1 saturated heterocycles. The lowest BCUT2D eigenvalue weighted by Gasteiger charge is -2.48. The van der Waals surface area contributed by atoms with Crippen molar-refractivity contribution in [1.82, 2.24) is 15.5 Å². The molecule has 1 fully saturated rings. The number of unbranched alkanes of at least 4 members (excludes halogenated alkanes) is 3. The van der Waals surface area contributed by atoms with E-state index in [2.05, 4.69) is 10.6 Å². The zero-order valence-corrected chi connectivity index (χ0v) is 29.0. The lowest BCUT2D eigenvalue weighted by molar-refractivity contribution is -0.245. The van der Waals surface area contributed by atoms with E-state index in [9.17, 15) is 54.0 Å². The number of hydrogen-bond donors (Lipinski definition) is 9. The first-order valence-corrected chi connectivity index (χ1v) is 16.6. The fourth-order valence-electron chi connectivity index (χ4n) is 5.44. The van der Waals surface area contributed by atoms with Crippen LogP contribution in [0.1, 0.15) is 85.5 Å². The van der Waals surface area contributed by atoms with Crippen LogP contribution < -0.4 is 27.8 Å². The van der Waals surface area contributed by atoms with Crippen molar-refractivity contribution in [3.05, 3.63) is 0 Å². The molecule has 0 aromatic heterocycles. The molecule has 286 valence electrons. The minimum atomic E-state index is -2.31. The summed E-state index contributed by atoms with van der Waals surface area (Å²) < 4.78 is 11.0. The van der Waals surface area contributed by atoms with E-state index >= 15 is 0 Å². The average molecular weight is 719 g/mol. The molecule has 50 heavy (non-hydrogen) atoms. The summed E-state index contributed by atoms with van der Waals surface area (Å²) in [5, 5.41) is 44.5. The molecule has 1 heterocycles. The topological polar surface area (TPSA) is 324 Å². The molecule has 0 aromatic carbocycles. The van der Waals surface area contributed by atoms with Crippen LogP contribution in [0.5, 0.6) is 0 Å². The second-order valence-corrected chi connectivity index (χ2v) is 12.5. The van der Waals surface area contributed by atoms with Crippen LogP contribution in [-0.4, -0.2) is 134 Å². The Morgan fingerprint density at radius 3 is 2.18 bits per heavy atom. The van der Waals surface area contributed by atoms with Gasteiger partial charge in [0, 0.05) is 26.3 Å². The molecule has 0 radical (unpaired) electrons. The molecular formula is C31H54N6O13. The average Bonchev–Trinajstić information content (AvgIpc) is 3.04. The van der Waals surface area contributed by atoms with Crippen molar-refractivity contribution in [3.63, 3.8) is 0 Å². The number of aliphatic carboxylic acids is 2. The number of carboxylic acids is 2. The van der Waals surface area contributed by atoms with Crippen LogP contribution in [0.25, 0.3) is 0 Å². The molecule has 12 N–H and O–H groups in total. The summed E-state index contributed by atoms with van der Waals surface area (Å²) in [6.07, 6.45) is -5.12. The number of ether oxygens (including phenoxy) is 2. The normalized spacial score (nSPS) is 23.4. The Kier molecular flexibility index (Phi) is 18.4. The molecule has 1 aliphatic rings. The monoisotopic (exact) mass is 718 g/mol. The van der Waals surface area contributed by atoms with Crippen molar-refractivity contribution in [1.29, 1.82) is 0 Å². The smallest absolute Gasteiger partial charge is 0.332 e. The third-order valence-electron chi connectivity index (χ3n) is 8.59. The minimum absolute atomic E-state index is 0.127. The highest BCUT2D eigenvalue weighted by Gasteiger charge is 2.49. The van der Waals surface area contributed by atoms with Gasteiger partial charge in [0.15, 0.2) is 23.7 Å². The molecule has 9 atom stereocenters. The van der Waals surface area contributed by atoms with Crippen LogP contribution in [0, 0.1) is 0 Å². The van der Waals surface area contributed by atoms with Crippen molar-refractivity contribution in [2.45, 2.75) is 140 Å². The fourth-order valence-corrected chi connectivity index (χ4v) is 5.44. The SMILES string of the molecule is CCCCCC(=O)NCCCC[C@](N)(C(=O)O)C(=O)CC[C@@H](NC(=O)[C@H](C)N(C(C)=O)C1O[C@H](CO)[C@@H](O)[C@H](O[C@H](C)C(=O)O)[C@H]1N)C(N)=O. The van der Waals surface area contributed by atoms with Gasteiger partial charge < -0.3 is 62.6 Å². The summed E-state index contributed by atoms with van der Waals surface area (Å²) in [4.78, 5) is 87.6. The fraction of sp³-hybridized carbons (Fsp3) is 0.774. The number of primary amides is 1. The van der Waals surface area contributed by atoms with Crippen LogP contribution in [-0.2, 0) is 43.0 Å². The van der Waals surface area contributed by atoms with E-state index in [4.69, 9.17) is 26.7 Å². The molecule has 0 aromatic rings. The molecule has 0 saturated carbocycles. The third kappa shape index (κ3) is 12.5. The van der Waals surface area contributed by atoms with E-state index in [1.165, 1.54) is 13.8 Å². The van der Waals surface area contributed by atoms with Gasteiger partial charge in [-0.3, -0.25) is 24.0 Å². The number of aliphatic hydroxyl groups excluding tert-OH is 2. The lowest BCUT2D eigenvalue weighted by Crippen LogP contribution is -2.70. The van der Waals surface area contributed by atoms with Crippen molar-refractivity contribution in [3.8, 4) is 0 Å². The van der Waals surface area contributed by atoms with Gasteiger partial charge in [0.25, 0.3) is 0 Å². The molecule has 1 aliphatic heterocycles. The summed E-state index contributed by atoms with van der Waals surface area (Å²) in [5.74, 6) is -6.85. The number of nitrogens with two attached hydrogens (primary N) is 3. The number of carbonyl (C=O) groups is 7. The molecule has 19 nitrogen and oxygen atoms in total. The second-order valence-electron chi connectivity index (χ2n) is 12.5. The van der Waals surface area contributed by atoms with Crippen LogP contribution in [0.15, 0.2) is 0 Å². The standard InChI is InChI=1S/C31H54N6O13/c1-5-6-7-10-22(41)35-14-9-8-13-31(34,30(47)48)21(40)12-11-19(26(33)43)36-27(44)16(2)37(18(4)39)28-23(32)25(49-17(3)29(45)46)24(42)20(15-38)50-28/h16-17,19-20,23-25,28,38,42H,5-15,32,34H2,1-4H3,(H2,33,43)(H,35,41)(H,36,44)(H,45,46)(H,47,48)/t16-,17+,19+,20+,23+,24+,25+,28?,31+/m0/s1. The first-order chi connectivity index (χ1) is 23.3. The number of amides is 4. The van der Waals surface area contributed by atoms with Gasteiger partial charge >= 0.3 is 11.9 Å². The van der Waals surface area contributed by atoms with E-state index in [1.54, 1.807) is 0 Å².